The van der Waals surface area contributed by atoms with Gasteiger partial charge in [-0.2, -0.15) is 0 Å². The number of carbonyl (C=O) groups is 1. The quantitative estimate of drug-likeness (QED) is 0.760. The monoisotopic (exact) mass is 284 g/mol. The van der Waals surface area contributed by atoms with Crippen LogP contribution in [-0.2, 0) is 11.3 Å². The average molecular weight is 284 g/mol. The minimum Gasteiger partial charge on any atom is -0.380 e. The summed E-state index contributed by atoms with van der Waals surface area (Å²) in [5.74, 6) is 0.416. The van der Waals surface area contributed by atoms with E-state index in [2.05, 4.69) is 46.8 Å². The first-order valence-electron chi connectivity index (χ1n) is 6.93. The van der Waals surface area contributed by atoms with Gasteiger partial charge in [-0.25, -0.2) is 4.98 Å². The molecular weight excluding hydrogens is 264 g/mol. The van der Waals surface area contributed by atoms with Crippen molar-refractivity contribution >= 4 is 17.4 Å². The van der Waals surface area contributed by atoms with Crippen molar-refractivity contribution in [3.8, 4) is 0 Å². The maximum Gasteiger partial charge on any atom is 0.226 e. The maximum absolute atomic E-state index is 11.4. The van der Waals surface area contributed by atoms with Crippen molar-refractivity contribution in [3.05, 3.63) is 53.7 Å². The molecule has 110 valence electrons. The molecule has 1 amide bonds. The number of aryl methyl sites for hydroxylation is 1. The molecule has 0 aliphatic carbocycles. The molecule has 1 heterocycles. The SMILES string of the molecule is Cc1ccc(CNc2ccc(NC(=O)CCN)nc2)cc1. The van der Waals surface area contributed by atoms with Gasteiger partial charge in [0.25, 0.3) is 0 Å². The Morgan fingerprint density at radius 2 is 1.95 bits per heavy atom. The van der Waals surface area contributed by atoms with Crippen molar-refractivity contribution < 1.29 is 4.79 Å². The molecular formula is C16H20N4O. The van der Waals surface area contributed by atoms with Gasteiger partial charge in [0.15, 0.2) is 0 Å². The summed E-state index contributed by atoms with van der Waals surface area (Å²) in [6, 6.07) is 12.0. The van der Waals surface area contributed by atoms with Gasteiger partial charge in [-0.1, -0.05) is 29.8 Å². The second-order valence-electron chi connectivity index (χ2n) is 4.86. The van der Waals surface area contributed by atoms with Gasteiger partial charge < -0.3 is 16.4 Å². The summed E-state index contributed by atoms with van der Waals surface area (Å²) in [5.41, 5.74) is 8.69. The van der Waals surface area contributed by atoms with E-state index in [1.54, 1.807) is 12.3 Å². The smallest absolute Gasteiger partial charge is 0.226 e. The van der Waals surface area contributed by atoms with Crippen LogP contribution < -0.4 is 16.4 Å². The third-order valence-electron chi connectivity index (χ3n) is 3.02. The largest absolute Gasteiger partial charge is 0.380 e. The molecule has 0 fully saturated rings. The number of hydrogen-bond acceptors (Lipinski definition) is 4. The number of rotatable bonds is 6. The zero-order valence-electron chi connectivity index (χ0n) is 12.1. The first-order chi connectivity index (χ1) is 10.2. The second-order valence-corrected chi connectivity index (χ2v) is 4.86. The summed E-state index contributed by atoms with van der Waals surface area (Å²) >= 11 is 0. The van der Waals surface area contributed by atoms with Crippen LogP contribution in [0.25, 0.3) is 0 Å². The number of anilines is 2. The first-order valence-corrected chi connectivity index (χ1v) is 6.93. The van der Waals surface area contributed by atoms with Crippen LogP contribution in [0, 0.1) is 6.92 Å². The molecule has 1 aromatic carbocycles. The number of nitrogens with one attached hydrogen (secondary N) is 2. The van der Waals surface area contributed by atoms with Crippen molar-refractivity contribution in [2.45, 2.75) is 19.9 Å². The van der Waals surface area contributed by atoms with Crippen LogP contribution >= 0.6 is 0 Å². The molecule has 0 atom stereocenters. The molecule has 0 aliphatic rings. The zero-order chi connectivity index (χ0) is 15.1. The van der Waals surface area contributed by atoms with Gasteiger partial charge >= 0.3 is 0 Å². The van der Waals surface area contributed by atoms with E-state index in [1.165, 1.54) is 11.1 Å². The summed E-state index contributed by atoms with van der Waals surface area (Å²) in [7, 11) is 0. The lowest BCUT2D eigenvalue weighted by molar-refractivity contribution is -0.116. The van der Waals surface area contributed by atoms with E-state index in [-0.39, 0.29) is 5.91 Å². The van der Waals surface area contributed by atoms with Gasteiger partial charge in [0.2, 0.25) is 5.91 Å². The lowest BCUT2D eigenvalue weighted by atomic mass is 10.1. The van der Waals surface area contributed by atoms with Crippen LogP contribution in [0.1, 0.15) is 17.5 Å². The van der Waals surface area contributed by atoms with Gasteiger partial charge in [0, 0.05) is 19.5 Å². The standard InChI is InChI=1S/C16H20N4O/c1-12-2-4-13(5-3-12)10-18-14-6-7-15(19-11-14)20-16(21)8-9-17/h2-7,11,18H,8-10,17H2,1H3,(H,19,20,21). The Kier molecular flexibility index (Phi) is 5.29. The molecule has 5 heteroatoms. The number of carbonyl (C=O) groups excluding carboxylic acids is 1. The number of benzene rings is 1. The Hall–Kier alpha value is -2.40. The number of pyridine rings is 1. The normalized spacial score (nSPS) is 10.2. The lowest BCUT2D eigenvalue weighted by Crippen LogP contribution is -2.16. The van der Waals surface area contributed by atoms with Gasteiger partial charge in [0.1, 0.15) is 5.82 Å². The fourth-order valence-corrected chi connectivity index (χ4v) is 1.82. The summed E-state index contributed by atoms with van der Waals surface area (Å²) in [4.78, 5) is 15.6. The molecule has 0 aliphatic heterocycles. The Morgan fingerprint density at radius 1 is 1.19 bits per heavy atom. The Balaban J connectivity index is 1.87. The van der Waals surface area contributed by atoms with Crippen LogP contribution in [0.4, 0.5) is 11.5 Å². The van der Waals surface area contributed by atoms with Crippen molar-refractivity contribution in [1.82, 2.24) is 4.98 Å². The van der Waals surface area contributed by atoms with Gasteiger partial charge in [-0.3, -0.25) is 4.79 Å². The maximum atomic E-state index is 11.4. The minimum absolute atomic E-state index is 0.120. The van der Waals surface area contributed by atoms with Gasteiger partial charge in [-0.05, 0) is 24.6 Å². The van der Waals surface area contributed by atoms with Crippen molar-refractivity contribution in [2.75, 3.05) is 17.2 Å². The number of nitrogens with zero attached hydrogens (tertiary/aromatic N) is 1. The molecule has 0 saturated carbocycles. The molecule has 2 rings (SSSR count). The van der Waals surface area contributed by atoms with Crippen molar-refractivity contribution in [3.63, 3.8) is 0 Å². The second kappa shape index (κ2) is 7.40. The third kappa shape index (κ3) is 4.89. The van der Waals surface area contributed by atoms with E-state index in [9.17, 15) is 4.79 Å². The molecule has 4 N–H and O–H groups in total. The van der Waals surface area contributed by atoms with Crippen LogP contribution in [0.2, 0.25) is 0 Å². The molecule has 0 spiro atoms. The minimum atomic E-state index is -0.120. The van der Waals surface area contributed by atoms with Crippen LogP contribution in [-0.4, -0.2) is 17.4 Å². The highest BCUT2D eigenvalue weighted by Crippen LogP contribution is 2.12. The van der Waals surface area contributed by atoms with E-state index in [4.69, 9.17) is 5.73 Å². The van der Waals surface area contributed by atoms with E-state index >= 15 is 0 Å². The lowest BCUT2D eigenvalue weighted by Gasteiger charge is -2.08. The predicted molar refractivity (Wildman–Crippen MR) is 85.0 cm³/mol. The number of nitrogens with two attached hydrogens (primary N) is 1. The molecule has 2 aromatic rings. The number of amides is 1. The predicted octanol–water partition coefficient (Wildman–Crippen LogP) is 2.29. The molecule has 0 saturated heterocycles. The molecule has 0 radical (unpaired) electrons. The van der Waals surface area contributed by atoms with E-state index in [0.717, 1.165) is 12.2 Å². The highest BCUT2D eigenvalue weighted by atomic mass is 16.1. The fraction of sp³-hybridized carbons (Fsp3) is 0.250. The van der Waals surface area contributed by atoms with Crippen LogP contribution in [0.5, 0.6) is 0 Å². The Morgan fingerprint density at radius 3 is 2.57 bits per heavy atom. The zero-order valence-corrected chi connectivity index (χ0v) is 12.1. The van der Waals surface area contributed by atoms with Crippen molar-refractivity contribution in [1.29, 1.82) is 0 Å². The Bertz CT molecular complexity index is 578. The molecule has 5 nitrogen and oxygen atoms in total. The van der Waals surface area contributed by atoms with Crippen LogP contribution in [0.15, 0.2) is 42.6 Å². The van der Waals surface area contributed by atoms with Gasteiger partial charge in [0.05, 0.1) is 11.9 Å². The van der Waals surface area contributed by atoms with E-state index in [1.807, 2.05) is 6.07 Å². The van der Waals surface area contributed by atoms with E-state index in [0.29, 0.717) is 18.8 Å². The molecule has 0 unspecified atom stereocenters. The summed E-state index contributed by atoms with van der Waals surface area (Å²) in [6.07, 6.45) is 2.00. The highest BCUT2D eigenvalue weighted by Gasteiger charge is 2.02. The molecule has 21 heavy (non-hydrogen) atoms. The number of aromatic nitrogens is 1. The summed E-state index contributed by atoms with van der Waals surface area (Å²) in [6.45, 7) is 3.14. The Labute approximate surface area is 124 Å². The fourth-order valence-electron chi connectivity index (χ4n) is 1.82. The summed E-state index contributed by atoms with van der Waals surface area (Å²) in [5, 5.41) is 5.98. The van der Waals surface area contributed by atoms with E-state index < -0.39 is 0 Å². The first kappa shape index (κ1) is 15.0. The highest BCUT2D eigenvalue weighted by molar-refractivity contribution is 5.89. The summed E-state index contributed by atoms with van der Waals surface area (Å²) < 4.78 is 0. The van der Waals surface area contributed by atoms with Gasteiger partial charge in [-0.15, -0.1) is 0 Å². The molecule has 0 bridgehead atoms. The third-order valence-corrected chi connectivity index (χ3v) is 3.02. The topological polar surface area (TPSA) is 80.0 Å². The number of hydrogen-bond donors (Lipinski definition) is 3. The average Bonchev–Trinajstić information content (AvgIpc) is 2.48. The van der Waals surface area contributed by atoms with Crippen molar-refractivity contribution in [2.24, 2.45) is 5.73 Å². The molecule has 1 aromatic heterocycles. The van der Waals surface area contributed by atoms with Crippen LogP contribution in [0.3, 0.4) is 0 Å².